The lowest BCUT2D eigenvalue weighted by Gasteiger charge is -2.34. The minimum Gasteiger partial charge on any atom is -0.380 e. The predicted molar refractivity (Wildman–Crippen MR) is 132 cm³/mol. The molecule has 0 saturated carbocycles. The number of halogens is 1. The molecule has 37 heavy (non-hydrogen) atoms. The topological polar surface area (TPSA) is 134 Å². The van der Waals surface area contributed by atoms with Gasteiger partial charge < -0.3 is 35.4 Å². The Labute approximate surface area is 213 Å². The number of nitrogens with zero attached hydrogens (tertiary/aromatic N) is 2. The highest BCUT2D eigenvalue weighted by Gasteiger charge is 2.40. The average molecular weight is 513 g/mol. The van der Waals surface area contributed by atoms with Crippen LogP contribution in [0.4, 0.5) is 15.8 Å². The first kappa shape index (κ1) is 25.3. The zero-order valence-corrected chi connectivity index (χ0v) is 20.2. The Morgan fingerprint density at radius 1 is 1.11 bits per heavy atom. The number of benzene rings is 2. The van der Waals surface area contributed by atoms with Gasteiger partial charge >= 0.3 is 0 Å². The van der Waals surface area contributed by atoms with Crippen molar-refractivity contribution in [3.8, 4) is 0 Å². The molecule has 5 rings (SSSR count). The standard InChI is InChI=1S/C26H29FN4O6/c27-20-5-3-17(14-19(20)25(34)30-7-10-36-11-8-30)31-9-12-37-23(26(31)35)22(32)24(33)29-16-2-4-18-15(13-16)1-6-21(18)28/h2-5,13-14,21-23,32H,1,6-12,28H2,(H,29,33)/t21-,22?,23?/m1/s1. The molecule has 0 spiro atoms. The van der Waals surface area contributed by atoms with Crippen LogP contribution in [-0.4, -0.2) is 79.4 Å². The number of carbonyl (C=O) groups is 3. The molecule has 3 aliphatic rings. The molecule has 0 radical (unpaired) electrons. The smallest absolute Gasteiger partial charge is 0.259 e. The second kappa shape index (κ2) is 10.5. The fraction of sp³-hybridized carbons (Fsp3) is 0.423. The van der Waals surface area contributed by atoms with Crippen LogP contribution in [0.3, 0.4) is 0 Å². The largest absolute Gasteiger partial charge is 0.380 e. The van der Waals surface area contributed by atoms with Crippen molar-refractivity contribution >= 4 is 29.1 Å². The molecule has 0 aromatic heterocycles. The van der Waals surface area contributed by atoms with Crippen LogP contribution in [0, 0.1) is 5.82 Å². The number of aryl methyl sites for hydroxylation is 1. The van der Waals surface area contributed by atoms with E-state index >= 15 is 0 Å². The Kier molecular flexibility index (Phi) is 7.20. The third-order valence-electron chi connectivity index (χ3n) is 7.00. The molecular formula is C26H29FN4O6. The lowest BCUT2D eigenvalue weighted by molar-refractivity contribution is -0.150. The Morgan fingerprint density at radius 2 is 1.89 bits per heavy atom. The molecule has 0 bridgehead atoms. The lowest BCUT2D eigenvalue weighted by atomic mass is 10.1. The van der Waals surface area contributed by atoms with Crippen LogP contribution >= 0.6 is 0 Å². The van der Waals surface area contributed by atoms with Crippen LogP contribution in [0.1, 0.15) is 33.9 Å². The molecule has 2 aromatic carbocycles. The maximum Gasteiger partial charge on any atom is 0.259 e. The van der Waals surface area contributed by atoms with Crippen molar-refractivity contribution in [3.05, 3.63) is 58.9 Å². The van der Waals surface area contributed by atoms with Crippen LogP contribution in [0.2, 0.25) is 0 Å². The van der Waals surface area contributed by atoms with E-state index in [0.717, 1.165) is 30.0 Å². The summed E-state index contributed by atoms with van der Waals surface area (Å²) < 4.78 is 25.3. The molecular weight excluding hydrogens is 483 g/mol. The first-order valence-corrected chi connectivity index (χ1v) is 12.3. The van der Waals surface area contributed by atoms with E-state index < -0.39 is 35.7 Å². The number of anilines is 2. The van der Waals surface area contributed by atoms with Gasteiger partial charge in [0.15, 0.2) is 12.2 Å². The highest BCUT2D eigenvalue weighted by molar-refractivity contribution is 6.04. The fourth-order valence-electron chi connectivity index (χ4n) is 4.95. The van der Waals surface area contributed by atoms with Crippen LogP contribution in [0.15, 0.2) is 36.4 Å². The number of aliphatic hydroxyl groups excluding tert-OH is 1. The van der Waals surface area contributed by atoms with E-state index in [1.807, 2.05) is 12.1 Å². The van der Waals surface area contributed by atoms with Gasteiger partial charge in [-0.15, -0.1) is 0 Å². The number of rotatable bonds is 5. The first-order chi connectivity index (χ1) is 17.8. The Bertz CT molecular complexity index is 1220. The normalized spacial score (nSPS) is 22.5. The maximum absolute atomic E-state index is 14.6. The van der Waals surface area contributed by atoms with Crippen molar-refractivity contribution in [2.75, 3.05) is 49.7 Å². The van der Waals surface area contributed by atoms with Crippen molar-refractivity contribution in [1.29, 1.82) is 0 Å². The summed E-state index contributed by atoms with van der Waals surface area (Å²) in [5.74, 6) is -2.64. The second-order valence-corrected chi connectivity index (χ2v) is 9.34. The molecule has 4 N–H and O–H groups in total. The summed E-state index contributed by atoms with van der Waals surface area (Å²) in [4.78, 5) is 41.7. The zero-order valence-electron chi connectivity index (χ0n) is 20.2. The maximum atomic E-state index is 14.6. The minimum atomic E-state index is -1.78. The first-order valence-electron chi connectivity index (χ1n) is 12.3. The predicted octanol–water partition coefficient (Wildman–Crippen LogP) is 0.976. The summed E-state index contributed by atoms with van der Waals surface area (Å²) in [5.41, 5.74) is 8.73. The van der Waals surface area contributed by atoms with Gasteiger partial charge in [0.25, 0.3) is 17.7 Å². The van der Waals surface area contributed by atoms with Crippen molar-refractivity contribution < 1.29 is 33.4 Å². The molecule has 3 amide bonds. The van der Waals surface area contributed by atoms with E-state index in [2.05, 4.69) is 5.32 Å². The Hall–Kier alpha value is -3.38. The van der Waals surface area contributed by atoms with E-state index in [4.69, 9.17) is 15.2 Å². The number of hydrogen-bond acceptors (Lipinski definition) is 7. The van der Waals surface area contributed by atoms with Gasteiger partial charge in [-0.05, 0) is 54.3 Å². The van der Waals surface area contributed by atoms with Crippen LogP contribution in [-0.2, 0) is 25.5 Å². The summed E-state index contributed by atoms with van der Waals surface area (Å²) in [5, 5.41) is 13.3. The number of fused-ring (bicyclic) bond motifs is 1. The van der Waals surface area contributed by atoms with Crippen LogP contribution in [0.5, 0.6) is 0 Å². The van der Waals surface area contributed by atoms with E-state index in [1.54, 1.807) is 6.07 Å². The Balaban J connectivity index is 1.29. The second-order valence-electron chi connectivity index (χ2n) is 9.34. The number of carbonyl (C=O) groups excluding carboxylic acids is 3. The van der Waals surface area contributed by atoms with E-state index in [9.17, 15) is 23.9 Å². The third-order valence-corrected chi connectivity index (χ3v) is 7.00. The molecule has 11 heteroatoms. The molecule has 1 aliphatic carbocycles. The van der Waals surface area contributed by atoms with Gasteiger partial charge in [0.2, 0.25) is 0 Å². The van der Waals surface area contributed by atoms with Crippen molar-refractivity contribution in [2.24, 2.45) is 5.73 Å². The van der Waals surface area contributed by atoms with Gasteiger partial charge in [0, 0.05) is 37.1 Å². The minimum absolute atomic E-state index is 0.0271. The fourth-order valence-corrected chi connectivity index (χ4v) is 4.95. The van der Waals surface area contributed by atoms with Gasteiger partial charge in [-0.1, -0.05) is 6.07 Å². The summed E-state index contributed by atoms with van der Waals surface area (Å²) in [6.45, 7) is 1.59. The third kappa shape index (κ3) is 5.08. The van der Waals surface area contributed by atoms with Crippen molar-refractivity contribution in [1.82, 2.24) is 4.90 Å². The Morgan fingerprint density at radius 3 is 2.68 bits per heavy atom. The van der Waals surface area contributed by atoms with Gasteiger partial charge in [0.1, 0.15) is 5.82 Å². The molecule has 2 aliphatic heterocycles. The number of ether oxygens (including phenoxy) is 2. The summed E-state index contributed by atoms with van der Waals surface area (Å²) >= 11 is 0. The van der Waals surface area contributed by atoms with Gasteiger partial charge in [-0.3, -0.25) is 14.4 Å². The number of nitrogens with two attached hydrogens (primary N) is 1. The molecule has 2 saturated heterocycles. The average Bonchev–Trinajstić information content (AvgIpc) is 3.28. The van der Waals surface area contributed by atoms with Crippen LogP contribution in [0.25, 0.3) is 0 Å². The van der Waals surface area contributed by atoms with E-state index in [-0.39, 0.29) is 30.4 Å². The molecule has 2 aromatic rings. The molecule has 2 fully saturated rings. The number of hydrogen-bond donors (Lipinski definition) is 3. The molecule has 2 unspecified atom stereocenters. The van der Waals surface area contributed by atoms with Gasteiger partial charge in [-0.2, -0.15) is 0 Å². The molecule has 10 nitrogen and oxygen atoms in total. The molecule has 3 atom stereocenters. The van der Waals surface area contributed by atoms with E-state index in [0.29, 0.717) is 32.0 Å². The van der Waals surface area contributed by atoms with Gasteiger partial charge in [0.05, 0.1) is 25.4 Å². The summed E-state index contributed by atoms with van der Waals surface area (Å²) in [6, 6.07) is 9.17. The monoisotopic (exact) mass is 512 g/mol. The summed E-state index contributed by atoms with van der Waals surface area (Å²) in [6.07, 6.45) is -1.60. The molecule has 2 heterocycles. The van der Waals surface area contributed by atoms with E-state index in [1.165, 1.54) is 21.9 Å². The number of amides is 3. The quantitative estimate of drug-likeness (QED) is 0.544. The highest BCUT2D eigenvalue weighted by atomic mass is 19.1. The number of nitrogens with one attached hydrogen (secondary N) is 1. The molecule has 196 valence electrons. The SMILES string of the molecule is N[C@@H]1CCc2cc(NC(=O)C(O)C3OCCN(c4ccc(F)c(C(=O)N5CCOCC5)c4)C3=O)ccc21. The van der Waals surface area contributed by atoms with Gasteiger partial charge in [-0.25, -0.2) is 4.39 Å². The zero-order chi connectivity index (χ0) is 26.1. The number of morpholine rings is 2. The van der Waals surface area contributed by atoms with Crippen molar-refractivity contribution in [2.45, 2.75) is 31.1 Å². The summed E-state index contributed by atoms with van der Waals surface area (Å²) in [7, 11) is 0. The number of aliphatic hydroxyl groups is 1. The van der Waals surface area contributed by atoms with Crippen LogP contribution < -0.4 is 16.0 Å². The highest BCUT2D eigenvalue weighted by Crippen LogP contribution is 2.31. The van der Waals surface area contributed by atoms with Crippen molar-refractivity contribution in [3.63, 3.8) is 0 Å². The lowest BCUT2D eigenvalue weighted by Crippen LogP contribution is -2.55.